The van der Waals surface area contributed by atoms with Gasteiger partial charge in [0.05, 0.1) is 0 Å². The van der Waals surface area contributed by atoms with Crippen LogP contribution >= 0.6 is 24.0 Å². The van der Waals surface area contributed by atoms with E-state index >= 15 is 0 Å². The molecule has 0 radical (unpaired) electrons. The van der Waals surface area contributed by atoms with Crippen molar-refractivity contribution in [2.75, 3.05) is 39.8 Å². The summed E-state index contributed by atoms with van der Waals surface area (Å²) >= 11 is 0. The molecule has 24 heavy (non-hydrogen) atoms. The van der Waals surface area contributed by atoms with Gasteiger partial charge in [0.2, 0.25) is 0 Å². The Kier molecular flexibility index (Phi) is 11.1. The van der Waals surface area contributed by atoms with Crippen LogP contribution in [0, 0.1) is 5.92 Å². The molecule has 1 saturated heterocycles. The van der Waals surface area contributed by atoms with Crippen LogP contribution < -0.4 is 10.6 Å². The van der Waals surface area contributed by atoms with E-state index in [0.29, 0.717) is 0 Å². The van der Waals surface area contributed by atoms with Gasteiger partial charge in [-0.1, -0.05) is 6.92 Å². The highest BCUT2D eigenvalue weighted by atomic mass is 127. The quantitative estimate of drug-likeness (QED) is 0.277. The van der Waals surface area contributed by atoms with E-state index in [-0.39, 0.29) is 24.0 Å². The molecule has 0 aromatic carbocycles. The van der Waals surface area contributed by atoms with Crippen LogP contribution in [0.1, 0.15) is 32.6 Å². The highest BCUT2D eigenvalue weighted by Gasteiger charge is 2.14. The molecule has 1 fully saturated rings. The Labute approximate surface area is 163 Å². The molecule has 1 aromatic rings. The third-order valence-electron chi connectivity index (χ3n) is 4.46. The molecular formula is C17H33IN6. The zero-order valence-corrected chi connectivity index (χ0v) is 17.4. The number of nitrogens with one attached hydrogen (secondary N) is 2. The number of hydrogen-bond donors (Lipinski definition) is 2. The molecule has 0 bridgehead atoms. The molecule has 2 heterocycles. The number of aromatic nitrogens is 2. The van der Waals surface area contributed by atoms with Gasteiger partial charge in [0.15, 0.2) is 5.96 Å². The summed E-state index contributed by atoms with van der Waals surface area (Å²) in [7, 11) is 1.83. The average molecular weight is 448 g/mol. The summed E-state index contributed by atoms with van der Waals surface area (Å²) in [6.45, 7) is 8.90. The fourth-order valence-corrected chi connectivity index (χ4v) is 2.90. The van der Waals surface area contributed by atoms with Gasteiger partial charge in [-0.3, -0.25) is 9.67 Å². The zero-order valence-electron chi connectivity index (χ0n) is 15.1. The van der Waals surface area contributed by atoms with Gasteiger partial charge >= 0.3 is 0 Å². The van der Waals surface area contributed by atoms with E-state index in [1.54, 1.807) is 0 Å². The number of likely N-dealkylation sites (tertiary alicyclic amines) is 1. The highest BCUT2D eigenvalue weighted by molar-refractivity contribution is 14.0. The summed E-state index contributed by atoms with van der Waals surface area (Å²) in [6, 6.07) is 1.96. The lowest BCUT2D eigenvalue weighted by Crippen LogP contribution is -2.40. The van der Waals surface area contributed by atoms with Crippen molar-refractivity contribution in [2.45, 2.75) is 39.2 Å². The van der Waals surface area contributed by atoms with Gasteiger partial charge < -0.3 is 15.5 Å². The molecule has 0 amide bonds. The topological polar surface area (TPSA) is 57.5 Å². The van der Waals surface area contributed by atoms with E-state index in [1.807, 2.05) is 30.2 Å². The molecule has 1 aliphatic heterocycles. The van der Waals surface area contributed by atoms with Crippen molar-refractivity contribution in [1.29, 1.82) is 0 Å². The molecule has 0 spiro atoms. The third-order valence-corrected chi connectivity index (χ3v) is 4.46. The van der Waals surface area contributed by atoms with Crippen LogP contribution in [0.4, 0.5) is 0 Å². The Morgan fingerprint density at radius 1 is 1.17 bits per heavy atom. The van der Waals surface area contributed by atoms with Crippen LogP contribution in [0.2, 0.25) is 0 Å². The van der Waals surface area contributed by atoms with E-state index in [0.717, 1.165) is 37.9 Å². The lowest BCUT2D eigenvalue weighted by atomic mass is 9.99. The normalized spacial score (nSPS) is 16.7. The summed E-state index contributed by atoms with van der Waals surface area (Å²) < 4.78 is 1.96. The largest absolute Gasteiger partial charge is 0.356 e. The fraction of sp³-hybridized carbons (Fsp3) is 0.765. The van der Waals surface area contributed by atoms with Crippen LogP contribution in [0.15, 0.2) is 23.5 Å². The van der Waals surface area contributed by atoms with Crippen LogP contribution in [-0.2, 0) is 6.54 Å². The summed E-state index contributed by atoms with van der Waals surface area (Å²) in [5.41, 5.74) is 0. The Morgan fingerprint density at radius 2 is 1.83 bits per heavy atom. The Balaban J connectivity index is 0.00000288. The SMILES string of the molecule is CN=C(NCCCN1CCC(C)CC1)NCCCn1cccn1.I. The van der Waals surface area contributed by atoms with Gasteiger partial charge in [-0.25, -0.2) is 0 Å². The molecule has 1 aliphatic rings. The number of hydrogen-bond acceptors (Lipinski definition) is 3. The molecule has 0 aliphatic carbocycles. The molecule has 0 saturated carbocycles. The molecule has 2 rings (SSSR count). The minimum Gasteiger partial charge on any atom is -0.356 e. The molecule has 1 aromatic heterocycles. The second-order valence-electron chi connectivity index (χ2n) is 6.43. The number of rotatable bonds is 8. The van der Waals surface area contributed by atoms with Crippen LogP contribution in [0.25, 0.3) is 0 Å². The molecular weight excluding hydrogens is 415 g/mol. The maximum atomic E-state index is 4.28. The summed E-state index contributed by atoms with van der Waals surface area (Å²) in [5, 5.41) is 11.0. The highest BCUT2D eigenvalue weighted by Crippen LogP contribution is 2.15. The summed E-state index contributed by atoms with van der Waals surface area (Å²) in [5.74, 6) is 1.81. The molecule has 0 unspecified atom stereocenters. The number of nitrogens with zero attached hydrogens (tertiary/aromatic N) is 4. The Hall–Kier alpha value is -0.830. The standard InChI is InChI=1S/C17H32N6.HI/c1-16-6-14-22(15-7-16)11-3-8-19-17(18-2)20-9-4-12-23-13-5-10-21-23;/h5,10,13,16H,3-4,6-9,11-12,14-15H2,1-2H3,(H2,18,19,20);1H. The molecule has 7 heteroatoms. The van der Waals surface area contributed by atoms with E-state index in [1.165, 1.54) is 38.9 Å². The molecule has 0 atom stereocenters. The van der Waals surface area contributed by atoms with E-state index in [9.17, 15) is 0 Å². The van der Waals surface area contributed by atoms with Crippen molar-refractivity contribution >= 4 is 29.9 Å². The number of aryl methyl sites for hydroxylation is 1. The maximum absolute atomic E-state index is 4.28. The van der Waals surface area contributed by atoms with E-state index in [4.69, 9.17) is 0 Å². The third kappa shape index (κ3) is 8.32. The number of piperidine rings is 1. The first-order valence-electron chi connectivity index (χ1n) is 8.92. The lowest BCUT2D eigenvalue weighted by molar-refractivity contribution is 0.191. The first-order valence-corrected chi connectivity index (χ1v) is 8.92. The average Bonchev–Trinajstić information content (AvgIpc) is 3.08. The van der Waals surface area contributed by atoms with Crippen molar-refractivity contribution < 1.29 is 0 Å². The maximum Gasteiger partial charge on any atom is 0.190 e. The molecule has 6 nitrogen and oxygen atoms in total. The fourth-order valence-electron chi connectivity index (χ4n) is 2.90. The van der Waals surface area contributed by atoms with Gasteiger partial charge in [0, 0.05) is 39.1 Å². The zero-order chi connectivity index (χ0) is 16.3. The number of halogens is 1. The Morgan fingerprint density at radius 3 is 2.42 bits per heavy atom. The van der Waals surface area contributed by atoms with Crippen molar-refractivity contribution in [3.63, 3.8) is 0 Å². The summed E-state index contributed by atoms with van der Waals surface area (Å²) in [6.07, 6.45) is 8.72. The van der Waals surface area contributed by atoms with E-state index in [2.05, 4.69) is 32.5 Å². The van der Waals surface area contributed by atoms with Gasteiger partial charge in [-0.15, -0.1) is 24.0 Å². The minimum atomic E-state index is 0. The van der Waals surface area contributed by atoms with E-state index < -0.39 is 0 Å². The van der Waals surface area contributed by atoms with Crippen LogP contribution in [-0.4, -0.2) is 60.4 Å². The smallest absolute Gasteiger partial charge is 0.190 e. The van der Waals surface area contributed by atoms with Gasteiger partial charge in [-0.05, 0) is 57.3 Å². The minimum absolute atomic E-state index is 0. The second kappa shape index (κ2) is 12.5. The number of aliphatic imine (C=N–C) groups is 1. The first-order chi connectivity index (χ1) is 11.3. The van der Waals surface area contributed by atoms with Crippen molar-refractivity contribution in [3.8, 4) is 0 Å². The molecule has 138 valence electrons. The second-order valence-corrected chi connectivity index (χ2v) is 6.43. The van der Waals surface area contributed by atoms with Crippen molar-refractivity contribution in [3.05, 3.63) is 18.5 Å². The van der Waals surface area contributed by atoms with Crippen LogP contribution in [0.3, 0.4) is 0 Å². The predicted molar refractivity (Wildman–Crippen MR) is 111 cm³/mol. The van der Waals surface area contributed by atoms with Crippen LogP contribution in [0.5, 0.6) is 0 Å². The monoisotopic (exact) mass is 448 g/mol. The lowest BCUT2D eigenvalue weighted by Gasteiger charge is -2.30. The first kappa shape index (κ1) is 21.2. The summed E-state index contributed by atoms with van der Waals surface area (Å²) in [4.78, 5) is 6.86. The van der Waals surface area contributed by atoms with Gasteiger partial charge in [-0.2, -0.15) is 5.10 Å². The predicted octanol–water partition coefficient (Wildman–Crippen LogP) is 2.18. The van der Waals surface area contributed by atoms with Gasteiger partial charge in [0.1, 0.15) is 0 Å². The van der Waals surface area contributed by atoms with Crippen molar-refractivity contribution in [1.82, 2.24) is 25.3 Å². The Bertz CT molecular complexity index is 440. The number of guanidine groups is 1. The van der Waals surface area contributed by atoms with Crippen molar-refractivity contribution in [2.24, 2.45) is 10.9 Å². The van der Waals surface area contributed by atoms with Gasteiger partial charge in [0.25, 0.3) is 0 Å². The molecule has 2 N–H and O–H groups in total.